The molecule has 1 rings (SSSR count). The number of hydrogen-bond acceptors (Lipinski definition) is 4. The highest BCUT2D eigenvalue weighted by Gasteiger charge is 2.19. The highest BCUT2D eigenvalue weighted by molar-refractivity contribution is 7.47. The number of carboxylic acids is 1. The molecule has 0 heterocycles. The van der Waals surface area contributed by atoms with Crippen molar-refractivity contribution < 1.29 is 28.4 Å². The zero-order valence-corrected chi connectivity index (χ0v) is 10.1. The normalized spacial score (nSPS) is 14.0. The van der Waals surface area contributed by atoms with Crippen LogP contribution in [0.4, 0.5) is 0 Å². The van der Waals surface area contributed by atoms with Gasteiger partial charge in [0.2, 0.25) is 0 Å². The van der Waals surface area contributed by atoms with Crippen LogP contribution in [0.15, 0.2) is 24.3 Å². The van der Waals surface area contributed by atoms with Crippen LogP contribution in [0.2, 0.25) is 0 Å². The zero-order chi connectivity index (χ0) is 12.9. The Morgan fingerprint density at radius 2 is 1.94 bits per heavy atom. The molecule has 0 aliphatic rings. The first-order chi connectivity index (χ1) is 7.93. The summed E-state index contributed by atoms with van der Waals surface area (Å²) in [4.78, 5) is 19.4. The molecular formula is C10H13O6P. The van der Waals surface area contributed by atoms with Crippen LogP contribution in [0, 0.1) is 0 Å². The molecule has 0 aliphatic carbocycles. The van der Waals surface area contributed by atoms with Gasteiger partial charge in [0.25, 0.3) is 0 Å². The fourth-order valence-corrected chi connectivity index (χ4v) is 1.60. The molecule has 1 aromatic carbocycles. The van der Waals surface area contributed by atoms with Gasteiger partial charge in [-0.25, -0.2) is 4.57 Å². The van der Waals surface area contributed by atoms with Gasteiger partial charge < -0.3 is 9.63 Å². The maximum Gasteiger partial charge on any atom is 0.527 e. The van der Waals surface area contributed by atoms with Crippen molar-refractivity contribution in [3.05, 3.63) is 29.8 Å². The number of phosphoric acid groups is 1. The van der Waals surface area contributed by atoms with Crippen LogP contribution >= 0.6 is 7.82 Å². The zero-order valence-electron chi connectivity index (χ0n) is 9.20. The molecule has 0 amide bonds. The van der Waals surface area contributed by atoms with E-state index < -0.39 is 13.8 Å². The number of carboxylic acid groups (broad SMARTS) is 1. The maximum absolute atomic E-state index is 11.1. The number of phosphoric ester groups is 1. The molecule has 1 atom stereocenters. The fourth-order valence-electron chi connectivity index (χ4n) is 1.14. The fraction of sp³-hybridized carbons (Fsp3) is 0.300. The standard InChI is InChI=1S/C10H13O6P/c1-15-17(13,14)16-9-5-2-8(3-6-9)4-7-10(11)12/h2-3,5-6H,4,7H2,1H3,(H,11,12)(H,13,14). The minimum atomic E-state index is -4.04. The smallest absolute Gasteiger partial charge is 0.481 e. The van der Waals surface area contributed by atoms with Gasteiger partial charge in [0, 0.05) is 13.5 Å². The Hall–Kier alpha value is -1.36. The van der Waals surface area contributed by atoms with E-state index in [0.29, 0.717) is 6.42 Å². The van der Waals surface area contributed by atoms with E-state index in [4.69, 9.17) is 14.5 Å². The van der Waals surface area contributed by atoms with Crippen molar-refractivity contribution in [2.24, 2.45) is 0 Å². The Balaban J connectivity index is 2.62. The van der Waals surface area contributed by atoms with E-state index >= 15 is 0 Å². The van der Waals surface area contributed by atoms with E-state index in [1.807, 2.05) is 0 Å². The number of rotatable bonds is 6. The molecule has 0 aromatic heterocycles. The van der Waals surface area contributed by atoms with Crippen LogP contribution < -0.4 is 4.52 Å². The van der Waals surface area contributed by atoms with Gasteiger partial charge in [0.05, 0.1) is 0 Å². The molecule has 0 aliphatic heterocycles. The first kappa shape index (κ1) is 13.7. The quantitative estimate of drug-likeness (QED) is 0.758. The lowest BCUT2D eigenvalue weighted by Crippen LogP contribution is -1.97. The second-order valence-electron chi connectivity index (χ2n) is 3.28. The lowest BCUT2D eigenvalue weighted by atomic mass is 10.1. The van der Waals surface area contributed by atoms with Crippen molar-refractivity contribution in [3.63, 3.8) is 0 Å². The molecular weight excluding hydrogens is 247 g/mol. The predicted molar refractivity (Wildman–Crippen MR) is 59.9 cm³/mol. The van der Waals surface area contributed by atoms with Crippen molar-refractivity contribution in [2.75, 3.05) is 7.11 Å². The Morgan fingerprint density at radius 1 is 1.35 bits per heavy atom. The second kappa shape index (κ2) is 5.82. The number of carbonyl (C=O) groups is 1. The molecule has 94 valence electrons. The molecule has 0 spiro atoms. The summed E-state index contributed by atoms with van der Waals surface area (Å²) in [5, 5.41) is 8.50. The first-order valence-corrected chi connectivity index (χ1v) is 6.31. The lowest BCUT2D eigenvalue weighted by molar-refractivity contribution is -0.136. The minimum Gasteiger partial charge on any atom is -0.481 e. The molecule has 0 bridgehead atoms. The van der Waals surface area contributed by atoms with E-state index in [2.05, 4.69) is 4.52 Å². The van der Waals surface area contributed by atoms with E-state index in [0.717, 1.165) is 12.7 Å². The van der Waals surface area contributed by atoms with E-state index in [1.54, 1.807) is 12.1 Å². The van der Waals surface area contributed by atoms with Crippen LogP contribution in [-0.4, -0.2) is 23.1 Å². The molecule has 0 saturated heterocycles. The highest BCUT2D eigenvalue weighted by Crippen LogP contribution is 2.42. The average molecular weight is 260 g/mol. The maximum atomic E-state index is 11.1. The largest absolute Gasteiger partial charge is 0.527 e. The van der Waals surface area contributed by atoms with Crippen molar-refractivity contribution >= 4 is 13.8 Å². The summed E-state index contributed by atoms with van der Waals surface area (Å²) >= 11 is 0. The third kappa shape index (κ3) is 4.99. The van der Waals surface area contributed by atoms with Gasteiger partial charge in [0.1, 0.15) is 5.75 Å². The third-order valence-corrected chi connectivity index (χ3v) is 2.91. The van der Waals surface area contributed by atoms with Crippen LogP contribution in [0.1, 0.15) is 12.0 Å². The monoisotopic (exact) mass is 260 g/mol. The summed E-state index contributed by atoms with van der Waals surface area (Å²) in [7, 11) is -2.96. The number of benzene rings is 1. The predicted octanol–water partition coefficient (Wildman–Crippen LogP) is 1.83. The molecule has 17 heavy (non-hydrogen) atoms. The summed E-state index contributed by atoms with van der Waals surface area (Å²) in [6, 6.07) is 6.24. The summed E-state index contributed by atoms with van der Waals surface area (Å²) in [6.07, 6.45) is 0.438. The Kier molecular flexibility index (Phi) is 4.69. The van der Waals surface area contributed by atoms with Crippen LogP contribution in [0.25, 0.3) is 0 Å². The topological polar surface area (TPSA) is 93.1 Å². The second-order valence-corrected chi connectivity index (χ2v) is 4.76. The van der Waals surface area contributed by atoms with Crippen LogP contribution in [-0.2, 0) is 20.3 Å². The van der Waals surface area contributed by atoms with Gasteiger partial charge in [-0.05, 0) is 24.1 Å². The summed E-state index contributed by atoms with van der Waals surface area (Å²) in [5.41, 5.74) is 0.810. The highest BCUT2D eigenvalue weighted by atomic mass is 31.2. The van der Waals surface area contributed by atoms with Crippen LogP contribution in [0.3, 0.4) is 0 Å². The van der Waals surface area contributed by atoms with Gasteiger partial charge in [-0.2, -0.15) is 0 Å². The van der Waals surface area contributed by atoms with E-state index in [9.17, 15) is 9.36 Å². The van der Waals surface area contributed by atoms with Gasteiger partial charge >= 0.3 is 13.8 Å². The van der Waals surface area contributed by atoms with E-state index in [1.165, 1.54) is 12.1 Å². The summed E-state index contributed by atoms with van der Waals surface area (Å²) in [6.45, 7) is 0. The molecule has 1 unspecified atom stereocenters. The Bertz CT molecular complexity index is 427. The minimum absolute atomic E-state index is 0.0385. The van der Waals surface area contributed by atoms with Gasteiger partial charge in [-0.15, -0.1) is 0 Å². The summed E-state index contributed by atoms with van der Waals surface area (Å²) < 4.78 is 20.1. The molecule has 6 nitrogen and oxygen atoms in total. The number of aryl methyl sites for hydroxylation is 1. The van der Waals surface area contributed by atoms with Crippen LogP contribution in [0.5, 0.6) is 5.75 Å². The average Bonchev–Trinajstić information content (AvgIpc) is 2.28. The SMILES string of the molecule is COP(=O)(O)Oc1ccc(CCC(=O)O)cc1. The summed E-state index contributed by atoms with van der Waals surface area (Å²) in [5.74, 6) is -0.679. The van der Waals surface area contributed by atoms with Crippen molar-refractivity contribution in [2.45, 2.75) is 12.8 Å². The molecule has 0 fully saturated rings. The van der Waals surface area contributed by atoms with E-state index in [-0.39, 0.29) is 12.2 Å². The van der Waals surface area contributed by atoms with Gasteiger partial charge in [-0.3, -0.25) is 14.2 Å². The molecule has 0 saturated carbocycles. The molecule has 7 heteroatoms. The molecule has 2 N–H and O–H groups in total. The number of hydrogen-bond donors (Lipinski definition) is 2. The molecule has 1 aromatic rings. The molecule has 0 radical (unpaired) electrons. The Morgan fingerprint density at radius 3 is 2.41 bits per heavy atom. The van der Waals surface area contributed by atoms with Crippen molar-refractivity contribution in [1.29, 1.82) is 0 Å². The van der Waals surface area contributed by atoms with Crippen molar-refractivity contribution in [3.8, 4) is 5.75 Å². The van der Waals surface area contributed by atoms with Gasteiger partial charge in [-0.1, -0.05) is 12.1 Å². The Labute approximate surface area is 98.4 Å². The van der Waals surface area contributed by atoms with Crippen molar-refractivity contribution in [1.82, 2.24) is 0 Å². The number of aliphatic carboxylic acids is 1. The lowest BCUT2D eigenvalue weighted by Gasteiger charge is -2.10. The first-order valence-electron chi connectivity index (χ1n) is 4.82. The third-order valence-electron chi connectivity index (χ3n) is 2.00. The van der Waals surface area contributed by atoms with Gasteiger partial charge in [0.15, 0.2) is 0 Å².